The van der Waals surface area contributed by atoms with Crippen molar-refractivity contribution < 1.29 is 19.1 Å². The quantitative estimate of drug-likeness (QED) is 0.575. The lowest BCUT2D eigenvalue weighted by atomic mass is 10.3. The summed E-state index contributed by atoms with van der Waals surface area (Å²) in [5.41, 5.74) is 0.0417. The third-order valence-corrected chi connectivity index (χ3v) is 4.02. The van der Waals surface area contributed by atoms with E-state index in [2.05, 4.69) is 20.8 Å². The third kappa shape index (κ3) is 4.68. The van der Waals surface area contributed by atoms with Crippen LogP contribution in [0.25, 0.3) is 0 Å². The summed E-state index contributed by atoms with van der Waals surface area (Å²) in [6.45, 7) is 0. The van der Waals surface area contributed by atoms with Crippen molar-refractivity contribution in [3.8, 4) is 0 Å². The Balaban J connectivity index is 1.91. The number of aliphatic carboxylic acids is 1. The zero-order chi connectivity index (χ0) is 15.2. The highest BCUT2D eigenvalue weighted by atomic mass is 32.2. The van der Waals surface area contributed by atoms with Gasteiger partial charge < -0.3 is 10.4 Å². The van der Waals surface area contributed by atoms with Gasteiger partial charge in [-0.3, -0.25) is 10.1 Å². The molecule has 0 bridgehead atoms. The van der Waals surface area contributed by atoms with E-state index in [0.717, 1.165) is 23.1 Å². The summed E-state index contributed by atoms with van der Waals surface area (Å²) in [7, 11) is 0. The lowest BCUT2D eigenvalue weighted by Gasteiger charge is -2.05. The maximum absolute atomic E-state index is 13.3. The number of rotatable bonds is 5. The molecular weight excluding hydrogens is 319 g/mol. The summed E-state index contributed by atoms with van der Waals surface area (Å²) in [5, 5.41) is 20.9. The molecule has 0 saturated carbocycles. The normalized spacial score (nSPS) is 10.1. The highest BCUT2D eigenvalue weighted by Gasteiger charge is 2.11. The van der Waals surface area contributed by atoms with E-state index < -0.39 is 17.8 Å². The van der Waals surface area contributed by atoms with Crippen molar-refractivity contribution in [3.63, 3.8) is 0 Å². The molecular formula is C11H9FN4O3S2. The number of hydrogen-bond donors (Lipinski definition) is 3. The largest absolute Gasteiger partial charge is 0.481 e. The minimum absolute atomic E-state index is 0.0417. The molecule has 0 aliphatic carbocycles. The van der Waals surface area contributed by atoms with Gasteiger partial charge in [-0.1, -0.05) is 35.2 Å². The van der Waals surface area contributed by atoms with Gasteiger partial charge in [-0.15, -0.1) is 10.2 Å². The number of nitrogens with zero attached hydrogens (tertiary/aromatic N) is 2. The Kier molecular flexibility index (Phi) is 5.06. The number of benzene rings is 1. The first-order valence-electron chi connectivity index (χ1n) is 5.55. The Bertz CT molecular complexity index is 664. The number of carbonyl (C=O) groups excluding carboxylic acids is 1. The van der Waals surface area contributed by atoms with E-state index >= 15 is 0 Å². The van der Waals surface area contributed by atoms with Crippen LogP contribution in [0.4, 0.5) is 20.0 Å². The number of anilines is 2. The Labute approximate surface area is 126 Å². The van der Waals surface area contributed by atoms with E-state index in [4.69, 9.17) is 5.11 Å². The lowest BCUT2D eigenvalue weighted by Crippen LogP contribution is -2.19. The molecule has 0 spiro atoms. The van der Waals surface area contributed by atoms with Gasteiger partial charge in [0.05, 0.1) is 11.4 Å². The van der Waals surface area contributed by atoms with E-state index in [1.165, 1.54) is 18.2 Å². The average Bonchev–Trinajstić information content (AvgIpc) is 2.86. The summed E-state index contributed by atoms with van der Waals surface area (Å²) in [6.07, 6.45) is 0. The smallest absolute Gasteiger partial charge is 0.325 e. The summed E-state index contributed by atoms with van der Waals surface area (Å²) in [6, 6.07) is 5.08. The van der Waals surface area contributed by atoms with Crippen LogP contribution in [0.3, 0.4) is 0 Å². The Morgan fingerprint density at radius 1 is 1.29 bits per heavy atom. The van der Waals surface area contributed by atoms with Crippen molar-refractivity contribution >= 4 is 45.9 Å². The van der Waals surface area contributed by atoms with E-state index in [1.807, 2.05) is 0 Å². The molecule has 1 heterocycles. The number of halogens is 1. The van der Waals surface area contributed by atoms with Crippen LogP contribution in [-0.4, -0.2) is 33.1 Å². The van der Waals surface area contributed by atoms with E-state index in [-0.39, 0.29) is 16.6 Å². The molecule has 2 rings (SSSR count). The Morgan fingerprint density at radius 2 is 2.05 bits per heavy atom. The third-order valence-electron chi connectivity index (χ3n) is 2.07. The van der Waals surface area contributed by atoms with Crippen LogP contribution in [0.1, 0.15) is 0 Å². The monoisotopic (exact) mass is 328 g/mol. The molecule has 2 aromatic rings. The van der Waals surface area contributed by atoms with Crippen molar-refractivity contribution in [3.05, 3.63) is 30.1 Å². The molecule has 0 saturated heterocycles. The zero-order valence-corrected chi connectivity index (χ0v) is 12.0. The molecule has 7 nitrogen and oxygen atoms in total. The molecule has 1 aromatic carbocycles. The molecule has 0 aliphatic heterocycles. The second-order valence-corrected chi connectivity index (χ2v) is 5.81. The minimum Gasteiger partial charge on any atom is -0.481 e. The molecule has 21 heavy (non-hydrogen) atoms. The number of aromatic nitrogens is 2. The van der Waals surface area contributed by atoms with Gasteiger partial charge in [0.25, 0.3) is 0 Å². The molecule has 0 atom stereocenters. The Hall–Kier alpha value is -2.20. The van der Waals surface area contributed by atoms with Gasteiger partial charge in [0.15, 0.2) is 4.34 Å². The lowest BCUT2D eigenvalue weighted by molar-refractivity contribution is -0.133. The van der Waals surface area contributed by atoms with E-state index in [1.54, 1.807) is 6.07 Å². The molecule has 10 heteroatoms. The fourth-order valence-corrected chi connectivity index (χ4v) is 2.72. The van der Waals surface area contributed by atoms with Crippen molar-refractivity contribution in [2.24, 2.45) is 0 Å². The molecule has 2 amide bonds. The molecule has 0 radical (unpaired) electrons. The van der Waals surface area contributed by atoms with Crippen molar-refractivity contribution in [2.75, 3.05) is 16.4 Å². The highest BCUT2D eigenvalue weighted by Crippen LogP contribution is 2.25. The van der Waals surface area contributed by atoms with Crippen LogP contribution in [0.15, 0.2) is 28.6 Å². The SMILES string of the molecule is O=C(O)CSc1nnc(NC(=O)Nc2ccccc2F)s1. The number of carbonyl (C=O) groups is 2. The van der Waals surface area contributed by atoms with Crippen LogP contribution < -0.4 is 10.6 Å². The van der Waals surface area contributed by atoms with Crippen molar-refractivity contribution in [1.29, 1.82) is 0 Å². The first-order valence-corrected chi connectivity index (χ1v) is 7.35. The molecule has 3 N–H and O–H groups in total. The second kappa shape index (κ2) is 6.99. The van der Waals surface area contributed by atoms with Gasteiger partial charge >= 0.3 is 12.0 Å². The number of carboxylic acid groups (broad SMARTS) is 1. The number of para-hydroxylation sites is 1. The number of hydrogen-bond acceptors (Lipinski definition) is 6. The zero-order valence-electron chi connectivity index (χ0n) is 10.4. The van der Waals surface area contributed by atoms with Gasteiger partial charge in [0.2, 0.25) is 5.13 Å². The number of nitrogens with one attached hydrogen (secondary N) is 2. The van der Waals surface area contributed by atoms with E-state index in [0.29, 0.717) is 4.34 Å². The van der Waals surface area contributed by atoms with Crippen molar-refractivity contribution in [2.45, 2.75) is 4.34 Å². The van der Waals surface area contributed by atoms with E-state index in [9.17, 15) is 14.0 Å². The van der Waals surface area contributed by atoms with Crippen molar-refractivity contribution in [1.82, 2.24) is 10.2 Å². The average molecular weight is 328 g/mol. The highest BCUT2D eigenvalue weighted by molar-refractivity contribution is 8.01. The summed E-state index contributed by atoms with van der Waals surface area (Å²) < 4.78 is 13.8. The molecule has 0 fully saturated rings. The maximum atomic E-state index is 13.3. The summed E-state index contributed by atoms with van der Waals surface area (Å²) in [4.78, 5) is 22.1. The van der Waals surface area contributed by atoms with Crippen LogP contribution in [0.2, 0.25) is 0 Å². The summed E-state index contributed by atoms with van der Waals surface area (Å²) >= 11 is 2.03. The van der Waals surface area contributed by atoms with Crippen LogP contribution in [0.5, 0.6) is 0 Å². The fourth-order valence-electron chi connectivity index (χ4n) is 1.26. The van der Waals surface area contributed by atoms with Gasteiger partial charge in [0, 0.05) is 0 Å². The molecule has 110 valence electrons. The summed E-state index contributed by atoms with van der Waals surface area (Å²) in [5.74, 6) is -1.67. The van der Waals surface area contributed by atoms with Gasteiger partial charge in [-0.05, 0) is 12.1 Å². The molecule has 1 aromatic heterocycles. The Morgan fingerprint density at radius 3 is 2.76 bits per heavy atom. The predicted molar refractivity (Wildman–Crippen MR) is 77.3 cm³/mol. The minimum atomic E-state index is -0.970. The van der Waals surface area contributed by atoms with Gasteiger partial charge in [-0.2, -0.15) is 0 Å². The fraction of sp³-hybridized carbons (Fsp3) is 0.0909. The topological polar surface area (TPSA) is 104 Å². The van der Waals surface area contributed by atoms with Gasteiger partial charge in [0.1, 0.15) is 5.82 Å². The maximum Gasteiger partial charge on any atom is 0.325 e. The predicted octanol–water partition coefficient (Wildman–Crippen LogP) is 2.50. The first kappa shape index (κ1) is 15.2. The number of thioether (sulfide) groups is 1. The standard InChI is InChI=1S/C11H9FN4O3S2/c12-6-3-1-2-4-7(6)13-9(19)14-10-15-16-11(21-10)20-5-8(17)18/h1-4H,5H2,(H,17,18)(H2,13,14,15,19). The van der Waals surface area contributed by atoms with Crippen LogP contribution in [-0.2, 0) is 4.79 Å². The number of urea groups is 1. The number of carboxylic acids is 1. The van der Waals surface area contributed by atoms with Crippen LogP contribution in [0, 0.1) is 5.82 Å². The molecule has 0 aliphatic rings. The molecule has 0 unspecified atom stereocenters. The number of amides is 2. The second-order valence-electron chi connectivity index (χ2n) is 3.61. The first-order chi connectivity index (χ1) is 10.0. The van der Waals surface area contributed by atoms with Gasteiger partial charge in [-0.25, -0.2) is 9.18 Å². The van der Waals surface area contributed by atoms with Crippen LogP contribution >= 0.6 is 23.1 Å².